The number of benzene rings is 1. The van der Waals surface area contributed by atoms with Gasteiger partial charge in [0, 0.05) is 22.8 Å². The van der Waals surface area contributed by atoms with Crippen LogP contribution in [-0.4, -0.2) is 22.3 Å². The maximum absolute atomic E-state index is 13.2. The van der Waals surface area contributed by atoms with E-state index in [1.807, 2.05) is 19.9 Å². The third-order valence-electron chi connectivity index (χ3n) is 4.36. The van der Waals surface area contributed by atoms with E-state index in [0.29, 0.717) is 27.6 Å². The number of ketones is 1. The average Bonchev–Trinajstić information content (AvgIpc) is 2.97. The third-order valence-corrected chi connectivity index (χ3v) is 5.89. The van der Waals surface area contributed by atoms with E-state index in [1.165, 1.54) is 21.5 Å². The number of aryl methyl sites for hydroxylation is 1. The Balaban J connectivity index is 2.01. The van der Waals surface area contributed by atoms with Crippen molar-refractivity contribution < 1.29 is 9.59 Å². The van der Waals surface area contributed by atoms with Crippen molar-refractivity contribution in [2.24, 2.45) is 5.84 Å². The van der Waals surface area contributed by atoms with Gasteiger partial charge in [-0.15, -0.1) is 16.5 Å². The Morgan fingerprint density at radius 3 is 2.64 bits per heavy atom. The molecule has 0 aliphatic carbocycles. The Morgan fingerprint density at radius 1 is 1.25 bits per heavy atom. The minimum Gasteiger partial charge on any atom is -0.288 e. The quantitative estimate of drug-likeness (QED) is 0.274. The van der Waals surface area contributed by atoms with Gasteiger partial charge in [0.25, 0.3) is 0 Å². The minimum atomic E-state index is -0.246. The second-order valence-corrected chi connectivity index (χ2v) is 7.79. The van der Waals surface area contributed by atoms with Crippen LogP contribution in [0.2, 0.25) is 5.02 Å². The van der Waals surface area contributed by atoms with Gasteiger partial charge in [-0.25, -0.2) is 10.9 Å². The number of hydrogen-bond acceptors (Lipinski definition) is 6. The Bertz CT molecular complexity index is 1010. The van der Waals surface area contributed by atoms with Gasteiger partial charge >= 0.3 is 0 Å². The molecule has 3 rings (SSSR count). The predicted octanol–water partition coefficient (Wildman–Crippen LogP) is 3.90. The van der Waals surface area contributed by atoms with Gasteiger partial charge in [-0.3, -0.25) is 14.6 Å². The molecule has 0 fully saturated rings. The summed E-state index contributed by atoms with van der Waals surface area (Å²) in [5.41, 5.74) is 2.43. The molecule has 0 spiro atoms. The van der Waals surface area contributed by atoms with Crippen LogP contribution in [0, 0.1) is 13.8 Å². The molecular formula is C20H19ClN4O2S. The normalized spacial score (nSPS) is 10.9. The number of amides is 1. The molecule has 8 heteroatoms. The maximum atomic E-state index is 13.2. The van der Waals surface area contributed by atoms with E-state index in [0.717, 1.165) is 16.0 Å². The van der Waals surface area contributed by atoms with Crippen LogP contribution in [0.1, 0.15) is 31.9 Å². The zero-order valence-corrected chi connectivity index (χ0v) is 17.0. The molecule has 0 aliphatic rings. The zero-order valence-electron chi connectivity index (χ0n) is 15.4. The highest BCUT2D eigenvalue weighted by molar-refractivity contribution is 7.16. The van der Waals surface area contributed by atoms with E-state index >= 15 is 0 Å². The fraction of sp³-hybridized carbons (Fsp3) is 0.150. The molecule has 1 aromatic carbocycles. The number of hydrogen-bond donors (Lipinski definition) is 1. The lowest BCUT2D eigenvalue weighted by Crippen LogP contribution is -2.46. The van der Waals surface area contributed by atoms with Gasteiger partial charge in [-0.1, -0.05) is 29.8 Å². The van der Waals surface area contributed by atoms with Crippen LogP contribution < -0.4 is 10.9 Å². The topological polar surface area (TPSA) is 79.5 Å². The molecule has 6 nitrogen and oxygen atoms in total. The van der Waals surface area contributed by atoms with Crippen molar-refractivity contribution in [3.63, 3.8) is 0 Å². The number of pyridine rings is 1. The lowest BCUT2D eigenvalue weighted by molar-refractivity contribution is -0.110. The number of aromatic nitrogens is 1. The Hall–Kier alpha value is -2.58. The Morgan fingerprint density at radius 2 is 2.00 bits per heavy atom. The third kappa shape index (κ3) is 3.98. The molecule has 0 radical (unpaired) electrons. The van der Waals surface area contributed by atoms with E-state index in [1.54, 1.807) is 42.7 Å². The molecule has 28 heavy (non-hydrogen) atoms. The molecule has 3 aromatic rings. The van der Waals surface area contributed by atoms with Crippen molar-refractivity contribution in [1.82, 2.24) is 10.1 Å². The van der Waals surface area contributed by atoms with E-state index < -0.39 is 0 Å². The van der Waals surface area contributed by atoms with Crippen LogP contribution in [0.5, 0.6) is 0 Å². The number of carbonyl (C=O) groups is 2. The first-order valence-corrected chi connectivity index (χ1v) is 9.68. The summed E-state index contributed by atoms with van der Waals surface area (Å²) in [7, 11) is 0. The molecule has 0 atom stereocenters. The number of anilines is 1. The molecule has 2 aromatic heterocycles. The summed E-state index contributed by atoms with van der Waals surface area (Å²) in [6.07, 6.45) is 3.93. The molecule has 2 N–H and O–H groups in total. The Labute approximate surface area is 172 Å². The fourth-order valence-corrected chi connectivity index (χ4v) is 4.15. The van der Waals surface area contributed by atoms with Gasteiger partial charge in [0.2, 0.25) is 6.41 Å². The molecule has 0 unspecified atom stereocenters. The monoisotopic (exact) mass is 414 g/mol. The van der Waals surface area contributed by atoms with Gasteiger partial charge in [-0.2, -0.15) is 0 Å². The zero-order chi connectivity index (χ0) is 20.3. The summed E-state index contributed by atoms with van der Waals surface area (Å²) in [6.45, 7) is 4.00. The first-order valence-electron chi connectivity index (χ1n) is 8.48. The van der Waals surface area contributed by atoms with Gasteiger partial charge in [-0.05, 0) is 43.2 Å². The molecule has 0 bridgehead atoms. The van der Waals surface area contributed by atoms with E-state index in [9.17, 15) is 9.59 Å². The van der Waals surface area contributed by atoms with E-state index in [-0.39, 0.29) is 12.3 Å². The van der Waals surface area contributed by atoms with Crippen LogP contribution >= 0.6 is 22.9 Å². The minimum absolute atomic E-state index is 0.246. The van der Waals surface area contributed by atoms with Crippen LogP contribution in [0.15, 0.2) is 48.8 Å². The van der Waals surface area contributed by atoms with Crippen molar-refractivity contribution in [3.05, 3.63) is 80.9 Å². The standard InChI is InChI=1S/C20H19ClN4O2S/c1-13-14(2)28-20(18(13)19(27)16-7-3-4-8-17(16)21)24(12-26)25(22)11-15-6-5-9-23-10-15/h3-10,12H,11,22H2,1-2H3. The molecular weight excluding hydrogens is 396 g/mol. The van der Waals surface area contributed by atoms with Crippen molar-refractivity contribution >= 4 is 40.1 Å². The van der Waals surface area contributed by atoms with E-state index in [2.05, 4.69) is 4.98 Å². The number of nitrogens with two attached hydrogens (primary N) is 1. The molecule has 0 saturated heterocycles. The molecule has 0 aliphatic heterocycles. The van der Waals surface area contributed by atoms with Crippen LogP contribution in [0.3, 0.4) is 0 Å². The second kappa shape index (κ2) is 8.62. The lowest BCUT2D eigenvalue weighted by Gasteiger charge is -2.27. The van der Waals surface area contributed by atoms with Crippen LogP contribution in [0.25, 0.3) is 0 Å². The molecule has 1 amide bonds. The molecule has 144 valence electrons. The number of carbonyl (C=O) groups excluding carboxylic acids is 2. The maximum Gasteiger partial charge on any atom is 0.230 e. The van der Waals surface area contributed by atoms with Crippen molar-refractivity contribution in [3.8, 4) is 0 Å². The van der Waals surface area contributed by atoms with Gasteiger partial charge < -0.3 is 0 Å². The van der Waals surface area contributed by atoms with Crippen LogP contribution in [-0.2, 0) is 11.3 Å². The number of nitrogens with zero attached hydrogens (tertiary/aromatic N) is 3. The Kier molecular flexibility index (Phi) is 6.21. The number of thiophene rings is 1. The summed E-state index contributed by atoms with van der Waals surface area (Å²) in [5, 5.41) is 3.33. The summed E-state index contributed by atoms with van der Waals surface area (Å²) in [4.78, 5) is 30.1. The highest BCUT2D eigenvalue weighted by Crippen LogP contribution is 2.37. The number of halogens is 1. The summed E-state index contributed by atoms with van der Waals surface area (Å²) >= 11 is 7.56. The fourth-order valence-electron chi connectivity index (χ4n) is 2.80. The first kappa shape index (κ1) is 20.2. The highest BCUT2D eigenvalue weighted by Gasteiger charge is 2.27. The number of rotatable bonds is 7. The average molecular weight is 415 g/mol. The van der Waals surface area contributed by atoms with Gasteiger partial charge in [0.15, 0.2) is 5.78 Å². The lowest BCUT2D eigenvalue weighted by atomic mass is 10.0. The number of hydrazine groups is 2. The highest BCUT2D eigenvalue weighted by atomic mass is 35.5. The van der Waals surface area contributed by atoms with E-state index in [4.69, 9.17) is 17.4 Å². The molecule has 0 saturated carbocycles. The van der Waals surface area contributed by atoms with Crippen molar-refractivity contribution in [2.75, 3.05) is 5.01 Å². The van der Waals surface area contributed by atoms with Crippen molar-refractivity contribution in [2.45, 2.75) is 20.4 Å². The predicted molar refractivity (Wildman–Crippen MR) is 111 cm³/mol. The summed E-state index contributed by atoms with van der Waals surface area (Å²) in [6, 6.07) is 10.5. The molecule has 2 heterocycles. The summed E-state index contributed by atoms with van der Waals surface area (Å²) < 4.78 is 0. The largest absolute Gasteiger partial charge is 0.288 e. The first-order chi connectivity index (χ1) is 13.4. The summed E-state index contributed by atoms with van der Waals surface area (Å²) in [5.74, 6) is 5.91. The van der Waals surface area contributed by atoms with Crippen LogP contribution in [0.4, 0.5) is 5.00 Å². The van der Waals surface area contributed by atoms with Gasteiger partial charge in [0.05, 0.1) is 17.1 Å². The van der Waals surface area contributed by atoms with Crippen molar-refractivity contribution in [1.29, 1.82) is 0 Å². The smallest absolute Gasteiger partial charge is 0.230 e. The van der Waals surface area contributed by atoms with Gasteiger partial charge in [0.1, 0.15) is 5.00 Å². The SMILES string of the molecule is Cc1sc(N(C=O)N(N)Cc2cccnc2)c(C(=O)c2ccccc2Cl)c1C. The second-order valence-electron chi connectivity index (χ2n) is 6.18.